The molecule has 1 fully saturated rings. The highest BCUT2D eigenvalue weighted by atomic mass is 16.3. The van der Waals surface area contributed by atoms with Gasteiger partial charge in [0.1, 0.15) is 0 Å². The molecule has 1 aliphatic rings. The van der Waals surface area contributed by atoms with Crippen LogP contribution in [0.5, 0.6) is 0 Å². The maximum absolute atomic E-state index is 11.7. The highest BCUT2D eigenvalue weighted by molar-refractivity contribution is 5.77. The lowest BCUT2D eigenvalue weighted by Crippen LogP contribution is -2.45. The quantitative estimate of drug-likeness (QED) is 0.655. The van der Waals surface area contributed by atoms with Crippen LogP contribution in [0.2, 0.25) is 0 Å². The van der Waals surface area contributed by atoms with Crippen molar-refractivity contribution in [2.24, 2.45) is 5.73 Å². The van der Waals surface area contributed by atoms with Crippen LogP contribution in [0.25, 0.3) is 0 Å². The molecule has 0 bridgehead atoms. The first-order valence-electron chi connectivity index (χ1n) is 6.15. The van der Waals surface area contributed by atoms with Crippen LogP contribution in [0.1, 0.15) is 52.4 Å². The summed E-state index contributed by atoms with van der Waals surface area (Å²) in [7, 11) is 0. The third kappa shape index (κ3) is 4.10. The molecule has 0 spiro atoms. The largest absolute Gasteiger partial charge is 0.388 e. The Morgan fingerprint density at radius 1 is 1.50 bits per heavy atom. The zero-order chi connectivity index (χ0) is 12.2. The van der Waals surface area contributed by atoms with Gasteiger partial charge in [0.05, 0.1) is 5.60 Å². The highest BCUT2D eigenvalue weighted by Crippen LogP contribution is 2.29. The third-order valence-electron chi connectivity index (χ3n) is 3.54. The van der Waals surface area contributed by atoms with Crippen molar-refractivity contribution in [3.8, 4) is 0 Å². The lowest BCUT2D eigenvalue weighted by molar-refractivity contribution is -0.123. The number of hydrogen-bond acceptors (Lipinski definition) is 3. The number of aliphatic hydroxyl groups is 1. The zero-order valence-corrected chi connectivity index (χ0v) is 10.4. The highest BCUT2D eigenvalue weighted by Gasteiger charge is 2.32. The Morgan fingerprint density at radius 2 is 2.06 bits per heavy atom. The number of nitrogens with one attached hydrogen (secondary N) is 1. The number of amides is 1. The van der Waals surface area contributed by atoms with Crippen LogP contribution in [-0.4, -0.2) is 28.7 Å². The second-order valence-electron chi connectivity index (χ2n) is 5.37. The molecule has 1 unspecified atom stereocenters. The average molecular weight is 228 g/mol. The standard InChI is InChI=1S/C12H24N2O2/c1-3-11(2,16)9-14-10(15)8-12(13)6-4-5-7-12/h16H,3-9,13H2,1-2H3,(H,14,15). The average Bonchev–Trinajstić information content (AvgIpc) is 2.62. The molecule has 4 nitrogen and oxygen atoms in total. The molecule has 0 saturated heterocycles. The lowest BCUT2D eigenvalue weighted by atomic mass is 9.94. The van der Waals surface area contributed by atoms with E-state index in [1.807, 2.05) is 6.92 Å². The van der Waals surface area contributed by atoms with Crippen molar-refractivity contribution < 1.29 is 9.90 Å². The fourth-order valence-electron chi connectivity index (χ4n) is 2.05. The zero-order valence-electron chi connectivity index (χ0n) is 10.4. The molecule has 1 saturated carbocycles. The molecule has 1 aliphatic carbocycles. The molecule has 0 aromatic heterocycles. The molecule has 0 radical (unpaired) electrons. The summed E-state index contributed by atoms with van der Waals surface area (Å²) in [5.74, 6) is -0.0434. The minimum absolute atomic E-state index is 0.0434. The fraction of sp³-hybridized carbons (Fsp3) is 0.917. The summed E-state index contributed by atoms with van der Waals surface area (Å²) >= 11 is 0. The van der Waals surface area contributed by atoms with E-state index in [0.29, 0.717) is 19.4 Å². The summed E-state index contributed by atoms with van der Waals surface area (Å²) in [4.78, 5) is 11.7. The summed E-state index contributed by atoms with van der Waals surface area (Å²) in [5, 5.41) is 12.5. The molecule has 1 amide bonds. The summed E-state index contributed by atoms with van der Waals surface area (Å²) in [6.45, 7) is 3.92. The smallest absolute Gasteiger partial charge is 0.221 e. The first-order valence-corrected chi connectivity index (χ1v) is 6.15. The third-order valence-corrected chi connectivity index (χ3v) is 3.54. The van der Waals surface area contributed by atoms with Crippen LogP contribution in [0.3, 0.4) is 0 Å². The first-order chi connectivity index (χ1) is 7.37. The van der Waals surface area contributed by atoms with Crippen LogP contribution in [-0.2, 0) is 4.79 Å². The van der Waals surface area contributed by atoms with E-state index in [9.17, 15) is 9.90 Å². The van der Waals surface area contributed by atoms with Gasteiger partial charge in [-0.3, -0.25) is 4.79 Å². The predicted octanol–water partition coefficient (Wildman–Crippen LogP) is 0.925. The first kappa shape index (κ1) is 13.5. The van der Waals surface area contributed by atoms with Crippen molar-refractivity contribution in [1.82, 2.24) is 5.32 Å². The molecular weight excluding hydrogens is 204 g/mol. The number of nitrogens with two attached hydrogens (primary N) is 1. The van der Waals surface area contributed by atoms with Crippen molar-refractivity contribution >= 4 is 5.91 Å². The number of carbonyl (C=O) groups is 1. The Labute approximate surface area is 97.6 Å². The Kier molecular flexibility index (Phi) is 4.33. The Balaban J connectivity index is 2.31. The van der Waals surface area contributed by atoms with E-state index in [4.69, 9.17) is 5.73 Å². The minimum Gasteiger partial charge on any atom is -0.388 e. The van der Waals surface area contributed by atoms with Gasteiger partial charge in [0.2, 0.25) is 5.91 Å². The Morgan fingerprint density at radius 3 is 2.56 bits per heavy atom. The van der Waals surface area contributed by atoms with Crippen molar-refractivity contribution in [2.75, 3.05) is 6.54 Å². The molecule has 0 aromatic carbocycles. The van der Waals surface area contributed by atoms with E-state index >= 15 is 0 Å². The fourth-order valence-corrected chi connectivity index (χ4v) is 2.05. The van der Waals surface area contributed by atoms with E-state index in [-0.39, 0.29) is 11.4 Å². The van der Waals surface area contributed by atoms with E-state index in [1.165, 1.54) is 0 Å². The van der Waals surface area contributed by atoms with Crippen LogP contribution >= 0.6 is 0 Å². The summed E-state index contributed by atoms with van der Waals surface area (Å²) in [6.07, 6.45) is 5.12. The van der Waals surface area contributed by atoms with Gasteiger partial charge in [-0.15, -0.1) is 0 Å². The van der Waals surface area contributed by atoms with Crippen molar-refractivity contribution in [2.45, 2.75) is 63.5 Å². The maximum Gasteiger partial charge on any atom is 0.221 e. The molecule has 94 valence electrons. The molecule has 0 aromatic rings. The SMILES string of the molecule is CCC(C)(O)CNC(=O)CC1(N)CCCC1. The van der Waals surface area contributed by atoms with Gasteiger partial charge in [-0.05, 0) is 26.2 Å². The number of rotatable bonds is 5. The predicted molar refractivity (Wildman–Crippen MR) is 63.9 cm³/mol. The van der Waals surface area contributed by atoms with Crippen LogP contribution in [0, 0.1) is 0 Å². The summed E-state index contributed by atoms with van der Waals surface area (Å²) in [6, 6.07) is 0. The molecule has 1 rings (SSSR count). The van der Waals surface area contributed by atoms with Crippen molar-refractivity contribution in [3.05, 3.63) is 0 Å². The molecule has 1 atom stereocenters. The molecule has 0 aliphatic heterocycles. The van der Waals surface area contributed by atoms with Crippen molar-refractivity contribution in [1.29, 1.82) is 0 Å². The topological polar surface area (TPSA) is 75.3 Å². The van der Waals surface area contributed by atoms with Gasteiger partial charge in [0.25, 0.3) is 0 Å². The van der Waals surface area contributed by atoms with Gasteiger partial charge in [-0.25, -0.2) is 0 Å². The monoisotopic (exact) mass is 228 g/mol. The molecule has 4 N–H and O–H groups in total. The van der Waals surface area contributed by atoms with E-state index in [1.54, 1.807) is 6.92 Å². The van der Waals surface area contributed by atoms with Crippen molar-refractivity contribution in [3.63, 3.8) is 0 Å². The van der Waals surface area contributed by atoms with Gasteiger partial charge in [0, 0.05) is 18.5 Å². The minimum atomic E-state index is -0.812. The normalized spacial score (nSPS) is 22.8. The Bertz CT molecular complexity index is 245. The second kappa shape index (κ2) is 5.15. The van der Waals surface area contributed by atoms with E-state index in [0.717, 1.165) is 25.7 Å². The summed E-state index contributed by atoms with van der Waals surface area (Å²) < 4.78 is 0. The lowest BCUT2D eigenvalue weighted by Gasteiger charge is -2.25. The number of hydrogen-bond donors (Lipinski definition) is 3. The van der Waals surface area contributed by atoms with Gasteiger partial charge >= 0.3 is 0 Å². The van der Waals surface area contributed by atoms with Gasteiger partial charge in [0.15, 0.2) is 0 Å². The second-order valence-corrected chi connectivity index (χ2v) is 5.37. The van der Waals surface area contributed by atoms with Gasteiger partial charge < -0.3 is 16.2 Å². The molecular formula is C12H24N2O2. The van der Waals surface area contributed by atoms with Crippen LogP contribution in [0.4, 0.5) is 0 Å². The van der Waals surface area contributed by atoms with Gasteiger partial charge in [-0.1, -0.05) is 19.8 Å². The Hall–Kier alpha value is -0.610. The van der Waals surface area contributed by atoms with Crippen LogP contribution < -0.4 is 11.1 Å². The van der Waals surface area contributed by atoms with Crippen LogP contribution in [0.15, 0.2) is 0 Å². The molecule has 0 heterocycles. The van der Waals surface area contributed by atoms with Gasteiger partial charge in [-0.2, -0.15) is 0 Å². The maximum atomic E-state index is 11.7. The molecule has 16 heavy (non-hydrogen) atoms. The molecule has 4 heteroatoms. The van der Waals surface area contributed by atoms with E-state index < -0.39 is 5.60 Å². The number of carbonyl (C=O) groups excluding carboxylic acids is 1. The van der Waals surface area contributed by atoms with E-state index in [2.05, 4.69) is 5.32 Å². The summed E-state index contributed by atoms with van der Waals surface area (Å²) in [5.41, 5.74) is 4.99.